The largest absolute Gasteiger partial charge is 0.489 e. The van der Waals surface area contributed by atoms with Crippen LogP contribution in [0.5, 0.6) is 5.75 Å². The van der Waals surface area contributed by atoms with E-state index in [-0.39, 0.29) is 19.1 Å². The minimum atomic E-state index is -0.651. The number of hydrogen-bond donors (Lipinski definition) is 0. The van der Waals surface area contributed by atoms with E-state index in [0.29, 0.717) is 52.1 Å². The number of rotatable bonds is 5. The molecule has 0 fully saturated rings. The SMILES string of the molecule is Cn1nc2c(c1-c1cc(F)cc(F)c1)CCN(C(=O)c1ccc3ncc(OCCF)cc3c1)C2. The first kappa shape index (κ1) is 21.9. The molecule has 4 aromatic rings. The second-order valence-corrected chi connectivity index (χ2v) is 8.15. The molecule has 2 aromatic carbocycles. The summed E-state index contributed by atoms with van der Waals surface area (Å²) in [6.07, 6.45) is 2.04. The van der Waals surface area contributed by atoms with Crippen molar-refractivity contribution in [3.63, 3.8) is 0 Å². The van der Waals surface area contributed by atoms with Gasteiger partial charge in [-0.3, -0.25) is 14.5 Å². The number of carbonyl (C=O) groups excluding carboxylic acids is 1. The van der Waals surface area contributed by atoms with E-state index in [0.717, 1.165) is 11.6 Å². The molecule has 1 aliphatic rings. The number of aryl methyl sites for hydroxylation is 1. The van der Waals surface area contributed by atoms with Crippen molar-refractivity contribution in [1.29, 1.82) is 0 Å². The summed E-state index contributed by atoms with van der Waals surface area (Å²) in [6.45, 7) is 0.0706. The van der Waals surface area contributed by atoms with Crippen molar-refractivity contribution in [2.24, 2.45) is 7.05 Å². The van der Waals surface area contributed by atoms with Gasteiger partial charge in [-0.1, -0.05) is 0 Å². The van der Waals surface area contributed by atoms with Crippen LogP contribution in [0.2, 0.25) is 0 Å². The predicted molar refractivity (Wildman–Crippen MR) is 120 cm³/mol. The lowest BCUT2D eigenvalue weighted by Crippen LogP contribution is -2.36. The zero-order chi connectivity index (χ0) is 23.8. The number of nitrogens with zero attached hydrogens (tertiary/aromatic N) is 4. The van der Waals surface area contributed by atoms with Crippen molar-refractivity contribution >= 4 is 16.8 Å². The van der Waals surface area contributed by atoms with Crippen LogP contribution in [0.25, 0.3) is 22.2 Å². The maximum Gasteiger partial charge on any atom is 0.254 e. The lowest BCUT2D eigenvalue weighted by molar-refractivity contribution is 0.0732. The molecule has 6 nitrogen and oxygen atoms in total. The highest BCUT2D eigenvalue weighted by Crippen LogP contribution is 2.31. The fraction of sp³-hybridized carbons (Fsp3) is 0.240. The Morgan fingerprint density at radius 1 is 1.12 bits per heavy atom. The van der Waals surface area contributed by atoms with Gasteiger partial charge in [-0.25, -0.2) is 13.2 Å². The Hall–Kier alpha value is -3.88. The monoisotopic (exact) mass is 466 g/mol. The second-order valence-electron chi connectivity index (χ2n) is 8.15. The normalized spacial score (nSPS) is 13.2. The van der Waals surface area contributed by atoms with Crippen LogP contribution in [-0.2, 0) is 20.0 Å². The standard InChI is InChI=1S/C25H21F3N4O2/c1-31-24(17-9-18(27)12-19(28)10-17)21-4-6-32(14-23(21)30-31)25(33)15-2-3-22-16(8-15)11-20(13-29-22)34-7-5-26/h2-3,8-13H,4-7,14H2,1H3. The van der Waals surface area contributed by atoms with Crippen LogP contribution in [0, 0.1) is 11.6 Å². The minimum absolute atomic E-state index is 0.0593. The summed E-state index contributed by atoms with van der Waals surface area (Å²) in [5.74, 6) is -1.03. The Labute approximate surface area is 193 Å². The van der Waals surface area contributed by atoms with Crippen molar-refractivity contribution in [2.45, 2.75) is 13.0 Å². The molecule has 0 saturated heterocycles. The number of amides is 1. The fourth-order valence-electron chi connectivity index (χ4n) is 4.41. The average Bonchev–Trinajstić information content (AvgIpc) is 3.16. The number of pyridine rings is 1. The van der Waals surface area contributed by atoms with Crippen LogP contribution in [-0.4, -0.2) is 45.4 Å². The second kappa shape index (κ2) is 8.81. The van der Waals surface area contributed by atoms with Crippen molar-refractivity contribution in [3.05, 3.63) is 77.1 Å². The summed E-state index contributed by atoms with van der Waals surface area (Å²) < 4.78 is 46.9. The summed E-state index contributed by atoms with van der Waals surface area (Å²) >= 11 is 0. The number of halogens is 3. The molecule has 3 heterocycles. The summed E-state index contributed by atoms with van der Waals surface area (Å²) in [7, 11) is 1.72. The van der Waals surface area contributed by atoms with E-state index >= 15 is 0 Å². The number of aromatic nitrogens is 3. The highest BCUT2D eigenvalue weighted by Gasteiger charge is 2.28. The van der Waals surface area contributed by atoms with E-state index in [1.807, 2.05) is 0 Å². The van der Waals surface area contributed by atoms with Crippen LogP contribution in [0.15, 0.2) is 48.7 Å². The van der Waals surface area contributed by atoms with Gasteiger partial charge in [0.15, 0.2) is 0 Å². The third-order valence-electron chi connectivity index (χ3n) is 5.87. The number of fused-ring (bicyclic) bond motifs is 2. The maximum absolute atomic E-state index is 13.8. The molecule has 0 saturated carbocycles. The molecule has 0 atom stereocenters. The Bertz CT molecular complexity index is 1380. The smallest absolute Gasteiger partial charge is 0.254 e. The molecule has 0 bridgehead atoms. The van der Waals surface area contributed by atoms with Crippen LogP contribution in [0.1, 0.15) is 21.6 Å². The van der Waals surface area contributed by atoms with Gasteiger partial charge in [0.25, 0.3) is 5.91 Å². The summed E-state index contributed by atoms with van der Waals surface area (Å²) in [6, 6.07) is 10.3. The minimum Gasteiger partial charge on any atom is -0.489 e. The van der Waals surface area contributed by atoms with Crippen LogP contribution in [0.3, 0.4) is 0 Å². The quantitative estimate of drug-likeness (QED) is 0.436. The Kier molecular flexibility index (Phi) is 5.69. The molecule has 1 aliphatic heterocycles. The van der Waals surface area contributed by atoms with Gasteiger partial charge in [-0.05, 0) is 42.8 Å². The van der Waals surface area contributed by atoms with Gasteiger partial charge in [0, 0.05) is 41.7 Å². The van der Waals surface area contributed by atoms with E-state index in [1.165, 1.54) is 18.3 Å². The topological polar surface area (TPSA) is 60.2 Å². The highest BCUT2D eigenvalue weighted by molar-refractivity contribution is 5.98. The molecule has 5 rings (SSSR count). The van der Waals surface area contributed by atoms with Crippen molar-refractivity contribution < 1.29 is 22.7 Å². The van der Waals surface area contributed by atoms with Gasteiger partial charge in [0.2, 0.25) is 0 Å². The van der Waals surface area contributed by atoms with Crippen LogP contribution >= 0.6 is 0 Å². The zero-order valence-corrected chi connectivity index (χ0v) is 18.4. The van der Waals surface area contributed by atoms with Gasteiger partial charge < -0.3 is 9.64 Å². The Balaban J connectivity index is 1.41. The predicted octanol–water partition coefficient (Wildman–Crippen LogP) is 4.46. The lowest BCUT2D eigenvalue weighted by atomic mass is 9.99. The van der Waals surface area contributed by atoms with Gasteiger partial charge in [0.05, 0.1) is 29.6 Å². The van der Waals surface area contributed by atoms with Crippen LogP contribution in [0.4, 0.5) is 13.2 Å². The van der Waals surface area contributed by atoms with E-state index in [4.69, 9.17) is 4.74 Å². The average molecular weight is 466 g/mol. The number of ether oxygens (including phenoxy) is 1. The van der Waals surface area contributed by atoms with Gasteiger partial charge in [0.1, 0.15) is 30.7 Å². The first-order valence-corrected chi connectivity index (χ1v) is 10.8. The summed E-state index contributed by atoms with van der Waals surface area (Å²) in [5, 5.41) is 5.24. The Morgan fingerprint density at radius 2 is 1.91 bits per heavy atom. The van der Waals surface area contributed by atoms with Crippen molar-refractivity contribution in [3.8, 4) is 17.0 Å². The number of carbonyl (C=O) groups is 1. The first-order valence-electron chi connectivity index (χ1n) is 10.8. The first-order chi connectivity index (χ1) is 16.4. The third kappa shape index (κ3) is 4.09. The molecule has 0 unspecified atom stereocenters. The summed E-state index contributed by atoms with van der Waals surface area (Å²) in [5.41, 5.74) is 3.84. The molecular formula is C25H21F3N4O2. The molecule has 2 aromatic heterocycles. The van der Waals surface area contributed by atoms with Crippen molar-refractivity contribution in [1.82, 2.24) is 19.7 Å². The molecular weight excluding hydrogens is 445 g/mol. The fourth-order valence-corrected chi connectivity index (χ4v) is 4.41. The number of alkyl halides is 1. The molecule has 0 aliphatic carbocycles. The third-order valence-corrected chi connectivity index (χ3v) is 5.87. The lowest BCUT2D eigenvalue weighted by Gasteiger charge is -2.27. The maximum atomic E-state index is 13.8. The molecule has 0 N–H and O–H groups in total. The Morgan fingerprint density at radius 3 is 2.68 bits per heavy atom. The van der Waals surface area contributed by atoms with E-state index in [9.17, 15) is 18.0 Å². The number of benzene rings is 2. The summed E-state index contributed by atoms with van der Waals surface area (Å²) in [4.78, 5) is 19.2. The van der Waals surface area contributed by atoms with Gasteiger partial charge in [-0.15, -0.1) is 0 Å². The molecule has 0 spiro atoms. The van der Waals surface area contributed by atoms with Gasteiger partial charge in [-0.2, -0.15) is 5.10 Å². The van der Waals surface area contributed by atoms with Crippen molar-refractivity contribution in [2.75, 3.05) is 19.8 Å². The molecule has 1 amide bonds. The zero-order valence-electron chi connectivity index (χ0n) is 18.4. The molecule has 34 heavy (non-hydrogen) atoms. The number of hydrogen-bond acceptors (Lipinski definition) is 4. The van der Waals surface area contributed by atoms with Crippen LogP contribution < -0.4 is 4.74 Å². The molecule has 9 heteroatoms. The van der Waals surface area contributed by atoms with Gasteiger partial charge >= 0.3 is 0 Å². The van der Waals surface area contributed by atoms with E-state index < -0.39 is 18.3 Å². The molecule has 0 radical (unpaired) electrons. The highest BCUT2D eigenvalue weighted by atomic mass is 19.1. The molecule has 174 valence electrons. The van der Waals surface area contributed by atoms with E-state index in [1.54, 1.807) is 40.9 Å². The van der Waals surface area contributed by atoms with E-state index in [2.05, 4.69) is 10.1 Å².